The van der Waals surface area contributed by atoms with Gasteiger partial charge in [-0.3, -0.25) is 0 Å². The lowest BCUT2D eigenvalue weighted by Crippen LogP contribution is -2.46. The van der Waals surface area contributed by atoms with Gasteiger partial charge in [0.25, 0.3) is 0 Å². The van der Waals surface area contributed by atoms with Crippen molar-refractivity contribution in [2.24, 2.45) is 0 Å². The zero-order chi connectivity index (χ0) is 11.4. The number of nitrogens with one attached hydrogen (secondary N) is 1. The van der Waals surface area contributed by atoms with Crippen LogP contribution in [0.1, 0.15) is 11.7 Å². The van der Waals surface area contributed by atoms with E-state index in [2.05, 4.69) is 15.5 Å². The summed E-state index contributed by atoms with van der Waals surface area (Å²) < 4.78 is 9.95. The average Bonchev–Trinajstić information content (AvgIpc) is 2.73. The third-order valence-corrected chi connectivity index (χ3v) is 2.27. The van der Waals surface area contributed by atoms with Crippen LogP contribution in [-0.2, 0) is 11.3 Å². The van der Waals surface area contributed by atoms with Gasteiger partial charge in [0.15, 0.2) is 5.82 Å². The molecule has 2 heterocycles. The standard InChI is InChI=1S/C9H14N4O3/c1-7-11-8(12-16-7)6-10-9(14)13-2-4-15-5-3-13/h2-6H2,1H3,(H,10,14). The predicted octanol–water partition coefficient (Wildman–Crippen LogP) is -0.0802. The Morgan fingerprint density at radius 1 is 1.50 bits per heavy atom. The molecule has 16 heavy (non-hydrogen) atoms. The summed E-state index contributed by atoms with van der Waals surface area (Å²) in [6.45, 7) is 4.42. The molecule has 0 unspecified atom stereocenters. The number of aromatic nitrogens is 2. The predicted molar refractivity (Wildman–Crippen MR) is 53.7 cm³/mol. The largest absolute Gasteiger partial charge is 0.378 e. The molecule has 1 aromatic heterocycles. The van der Waals surface area contributed by atoms with E-state index in [-0.39, 0.29) is 12.6 Å². The molecule has 88 valence electrons. The highest BCUT2D eigenvalue weighted by Gasteiger charge is 2.16. The summed E-state index contributed by atoms with van der Waals surface area (Å²) in [6, 6.07) is -0.120. The number of amides is 2. The zero-order valence-electron chi connectivity index (χ0n) is 9.10. The van der Waals surface area contributed by atoms with Crippen LogP contribution in [0, 0.1) is 6.92 Å². The second-order valence-corrected chi connectivity index (χ2v) is 3.49. The van der Waals surface area contributed by atoms with E-state index in [9.17, 15) is 4.79 Å². The maximum Gasteiger partial charge on any atom is 0.317 e. The number of nitrogens with zero attached hydrogens (tertiary/aromatic N) is 3. The summed E-state index contributed by atoms with van der Waals surface area (Å²) in [6.07, 6.45) is 0. The van der Waals surface area contributed by atoms with E-state index in [1.807, 2.05) is 0 Å². The quantitative estimate of drug-likeness (QED) is 0.762. The van der Waals surface area contributed by atoms with Gasteiger partial charge in [-0.05, 0) is 0 Å². The van der Waals surface area contributed by atoms with Crippen LogP contribution in [0.5, 0.6) is 0 Å². The monoisotopic (exact) mass is 226 g/mol. The van der Waals surface area contributed by atoms with Gasteiger partial charge in [0.1, 0.15) is 0 Å². The molecule has 1 fully saturated rings. The molecule has 1 aliphatic heterocycles. The summed E-state index contributed by atoms with van der Waals surface area (Å²) in [5.74, 6) is 0.981. The lowest BCUT2D eigenvalue weighted by atomic mass is 10.4. The Kier molecular flexibility index (Phi) is 3.35. The fraction of sp³-hybridized carbons (Fsp3) is 0.667. The van der Waals surface area contributed by atoms with E-state index in [1.165, 1.54) is 0 Å². The molecule has 1 saturated heterocycles. The van der Waals surface area contributed by atoms with Crippen molar-refractivity contribution in [2.45, 2.75) is 13.5 Å². The Balaban J connectivity index is 1.78. The van der Waals surface area contributed by atoms with E-state index < -0.39 is 0 Å². The number of rotatable bonds is 2. The van der Waals surface area contributed by atoms with Crippen molar-refractivity contribution in [3.05, 3.63) is 11.7 Å². The second-order valence-electron chi connectivity index (χ2n) is 3.49. The van der Waals surface area contributed by atoms with E-state index in [0.29, 0.717) is 38.0 Å². The first-order chi connectivity index (χ1) is 7.75. The molecule has 2 rings (SSSR count). The molecule has 0 radical (unpaired) electrons. The van der Waals surface area contributed by atoms with Crippen LogP contribution in [0.2, 0.25) is 0 Å². The highest BCUT2D eigenvalue weighted by atomic mass is 16.5. The van der Waals surface area contributed by atoms with E-state index in [4.69, 9.17) is 9.26 Å². The van der Waals surface area contributed by atoms with Crippen molar-refractivity contribution in [3.63, 3.8) is 0 Å². The van der Waals surface area contributed by atoms with Crippen LogP contribution < -0.4 is 5.32 Å². The molecule has 0 saturated carbocycles. The number of urea groups is 1. The number of hydrogen-bond donors (Lipinski definition) is 1. The number of aryl methyl sites for hydroxylation is 1. The molecule has 7 heteroatoms. The van der Waals surface area contributed by atoms with Crippen molar-refractivity contribution in [1.82, 2.24) is 20.4 Å². The molecule has 1 N–H and O–H groups in total. The van der Waals surface area contributed by atoms with Crippen molar-refractivity contribution in [3.8, 4) is 0 Å². The minimum absolute atomic E-state index is 0.120. The van der Waals surface area contributed by atoms with Crippen LogP contribution in [0.25, 0.3) is 0 Å². The maximum absolute atomic E-state index is 11.7. The second kappa shape index (κ2) is 4.93. The smallest absolute Gasteiger partial charge is 0.317 e. The van der Waals surface area contributed by atoms with Gasteiger partial charge in [0.05, 0.1) is 19.8 Å². The Morgan fingerprint density at radius 3 is 2.88 bits per heavy atom. The molecule has 0 spiro atoms. The number of carbonyl (C=O) groups is 1. The Labute approximate surface area is 92.7 Å². The van der Waals surface area contributed by atoms with E-state index in [1.54, 1.807) is 11.8 Å². The molecule has 1 aliphatic rings. The van der Waals surface area contributed by atoms with E-state index in [0.717, 1.165) is 0 Å². The summed E-state index contributed by atoms with van der Waals surface area (Å²) in [5.41, 5.74) is 0. The molecule has 0 bridgehead atoms. The molecule has 0 aliphatic carbocycles. The van der Waals surface area contributed by atoms with Crippen LogP contribution in [0.15, 0.2) is 4.52 Å². The summed E-state index contributed by atoms with van der Waals surface area (Å²) >= 11 is 0. The van der Waals surface area contributed by atoms with Gasteiger partial charge in [0, 0.05) is 20.0 Å². The number of carbonyl (C=O) groups excluding carboxylic acids is 1. The average molecular weight is 226 g/mol. The fourth-order valence-electron chi connectivity index (χ4n) is 1.45. The summed E-state index contributed by atoms with van der Waals surface area (Å²) in [7, 11) is 0. The first kappa shape index (κ1) is 10.9. The number of ether oxygens (including phenoxy) is 1. The number of morpholine rings is 1. The molecule has 7 nitrogen and oxygen atoms in total. The molecular weight excluding hydrogens is 212 g/mol. The van der Waals surface area contributed by atoms with Gasteiger partial charge in [-0.15, -0.1) is 0 Å². The minimum atomic E-state index is -0.120. The Bertz CT molecular complexity index is 359. The normalized spacial score (nSPS) is 16.2. The highest BCUT2D eigenvalue weighted by molar-refractivity contribution is 5.74. The van der Waals surface area contributed by atoms with Crippen LogP contribution in [-0.4, -0.2) is 47.4 Å². The molecular formula is C9H14N4O3. The molecule has 2 amide bonds. The summed E-state index contributed by atoms with van der Waals surface area (Å²) in [5, 5.41) is 6.42. The maximum atomic E-state index is 11.7. The zero-order valence-corrected chi connectivity index (χ0v) is 9.10. The Hall–Kier alpha value is -1.63. The van der Waals surface area contributed by atoms with Crippen molar-refractivity contribution >= 4 is 6.03 Å². The fourth-order valence-corrected chi connectivity index (χ4v) is 1.45. The molecule has 1 aromatic rings. The van der Waals surface area contributed by atoms with Gasteiger partial charge < -0.3 is 19.5 Å². The Morgan fingerprint density at radius 2 is 2.25 bits per heavy atom. The first-order valence-corrected chi connectivity index (χ1v) is 5.15. The van der Waals surface area contributed by atoms with Crippen molar-refractivity contribution in [1.29, 1.82) is 0 Å². The molecule has 0 atom stereocenters. The van der Waals surface area contributed by atoms with Crippen LogP contribution >= 0.6 is 0 Å². The third kappa shape index (κ3) is 2.69. The minimum Gasteiger partial charge on any atom is -0.378 e. The third-order valence-electron chi connectivity index (χ3n) is 2.27. The van der Waals surface area contributed by atoms with Crippen molar-refractivity contribution in [2.75, 3.05) is 26.3 Å². The van der Waals surface area contributed by atoms with Crippen LogP contribution in [0.4, 0.5) is 4.79 Å². The van der Waals surface area contributed by atoms with Gasteiger partial charge in [-0.25, -0.2) is 4.79 Å². The van der Waals surface area contributed by atoms with Crippen molar-refractivity contribution < 1.29 is 14.1 Å². The van der Waals surface area contributed by atoms with Gasteiger partial charge in [-0.2, -0.15) is 4.98 Å². The van der Waals surface area contributed by atoms with E-state index >= 15 is 0 Å². The lowest BCUT2D eigenvalue weighted by Gasteiger charge is -2.26. The van der Waals surface area contributed by atoms with Gasteiger partial charge in [-0.1, -0.05) is 5.16 Å². The lowest BCUT2D eigenvalue weighted by molar-refractivity contribution is 0.0531. The van der Waals surface area contributed by atoms with Gasteiger partial charge >= 0.3 is 6.03 Å². The topological polar surface area (TPSA) is 80.5 Å². The highest BCUT2D eigenvalue weighted by Crippen LogP contribution is 1.98. The summed E-state index contributed by atoms with van der Waals surface area (Å²) in [4.78, 5) is 17.3. The van der Waals surface area contributed by atoms with Crippen LogP contribution in [0.3, 0.4) is 0 Å². The SMILES string of the molecule is Cc1nc(CNC(=O)N2CCOCC2)no1. The first-order valence-electron chi connectivity index (χ1n) is 5.15. The number of hydrogen-bond acceptors (Lipinski definition) is 5. The molecule has 0 aromatic carbocycles. The van der Waals surface area contributed by atoms with Gasteiger partial charge in [0.2, 0.25) is 5.89 Å².